The fourth-order valence-electron chi connectivity index (χ4n) is 3.63. The molecule has 0 bridgehead atoms. The van der Waals surface area contributed by atoms with Crippen LogP contribution in [0.4, 0.5) is 0 Å². The molecule has 0 aliphatic carbocycles. The highest BCUT2D eigenvalue weighted by Crippen LogP contribution is 2.21. The van der Waals surface area contributed by atoms with Gasteiger partial charge in [0.15, 0.2) is 5.96 Å². The van der Waals surface area contributed by atoms with Gasteiger partial charge in [0, 0.05) is 38.6 Å². The molecule has 4 heteroatoms. The number of hydrogen-bond acceptors (Lipinski definition) is 2. The van der Waals surface area contributed by atoms with Gasteiger partial charge in [0.05, 0.1) is 0 Å². The van der Waals surface area contributed by atoms with Crippen molar-refractivity contribution < 1.29 is 0 Å². The number of aliphatic imine (C=N–C) groups is 1. The molecule has 0 amide bonds. The van der Waals surface area contributed by atoms with Crippen LogP contribution in [0.25, 0.3) is 0 Å². The third-order valence-corrected chi connectivity index (χ3v) is 5.07. The van der Waals surface area contributed by atoms with Crippen molar-refractivity contribution in [1.29, 1.82) is 0 Å². The molecule has 26 heavy (non-hydrogen) atoms. The molecule has 1 aromatic heterocycles. The van der Waals surface area contributed by atoms with E-state index in [1.807, 2.05) is 12.4 Å². The minimum atomic E-state index is 0.712. The van der Waals surface area contributed by atoms with E-state index in [9.17, 15) is 0 Å². The zero-order chi connectivity index (χ0) is 18.2. The van der Waals surface area contributed by atoms with Crippen LogP contribution in [0, 0.1) is 12.8 Å². The highest BCUT2D eigenvalue weighted by molar-refractivity contribution is 5.80. The van der Waals surface area contributed by atoms with E-state index < -0.39 is 0 Å². The summed E-state index contributed by atoms with van der Waals surface area (Å²) in [4.78, 5) is 11.5. The van der Waals surface area contributed by atoms with Crippen molar-refractivity contribution in [3.8, 4) is 0 Å². The molecule has 1 saturated heterocycles. The highest BCUT2D eigenvalue weighted by Gasteiger charge is 2.24. The van der Waals surface area contributed by atoms with Gasteiger partial charge >= 0.3 is 0 Å². The van der Waals surface area contributed by atoms with Gasteiger partial charge in [-0.25, -0.2) is 0 Å². The predicted octanol–water partition coefficient (Wildman–Crippen LogP) is 3.46. The minimum absolute atomic E-state index is 0.712. The first-order valence-electron chi connectivity index (χ1n) is 9.73. The molecule has 4 nitrogen and oxygen atoms in total. The van der Waals surface area contributed by atoms with Gasteiger partial charge in [-0.3, -0.25) is 9.98 Å². The van der Waals surface area contributed by atoms with Crippen LogP contribution in [0.2, 0.25) is 0 Å². The monoisotopic (exact) mass is 350 g/mol. The summed E-state index contributed by atoms with van der Waals surface area (Å²) in [5.41, 5.74) is 4.02. The number of guanidine groups is 1. The molecule has 2 heterocycles. The molecule has 2 aromatic rings. The fourth-order valence-corrected chi connectivity index (χ4v) is 3.63. The molecule has 3 rings (SSSR count). The molecule has 1 aliphatic heterocycles. The Balaban J connectivity index is 1.56. The van der Waals surface area contributed by atoms with E-state index in [0.29, 0.717) is 5.92 Å². The van der Waals surface area contributed by atoms with Crippen molar-refractivity contribution >= 4 is 5.96 Å². The first-order valence-corrected chi connectivity index (χ1v) is 9.73. The second-order valence-corrected chi connectivity index (χ2v) is 7.08. The third-order valence-electron chi connectivity index (χ3n) is 5.07. The van der Waals surface area contributed by atoms with E-state index in [4.69, 9.17) is 4.99 Å². The molecule has 0 spiro atoms. The van der Waals surface area contributed by atoms with Crippen molar-refractivity contribution in [2.75, 3.05) is 26.2 Å². The molecule has 1 N–H and O–H groups in total. The second kappa shape index (κ2) is 9.37. The van der Waals surface area contributed by atoms with Gasteiger partial charge in [0.25, 0.3) is 0 Å². The van der Waals surface area contributed by atoms with Gasteiger partial charge in [-0.05, 0) is 61.8 Å². The number of aryl methyl sites for hydroxylation is 1. The van der Waals surface area contributed by atoms with Crippen molar-refractivity contribution in [1.82, 2.24) is 15.2 Å². The summed E-state index contributed by atoms with van der Waals surface area (Å²) in [6.07, 6.45) is 7.16. The van der Waals surface area contributed by atoms with E-state index in [1.54, 1.807) is 0 Å². The van der Waals surface area contributed by atoms with Crippen LogP contribution in [0.5, 0.6) is 0 Å². The van der Waals surface area contributed by atoms with Gasteiger partial charge < -0.3 is 10.2 Å². The maximum absolute atomic E-state index is 4.88. The molecule has 0 radical (unpaired) electrons. The van der Waals surface area contributed by atoms with Gasteiger partial charge in [0.1, 0.15) is 0 Å². The van der Waals surface area contributed by atoms with Gasteiger partial charge in [-0.15, -0.1) is 0 Å². The minimum Gasteiger partial charge on any atom is -0.357 e. The first kappa shape index (κ1) is 18.4. The molecule has 1 aromatic carbocycles. The summed E-state index contributed by atoms with van der Waals surface area (Å²) in [5, 5.41) is 3.47. The molecule has 1 unspecified atom stereocenters. The Morgan fingerprint density at radius 2 is 2.12 bits per heavy atom. The standard InChI is InChI=1S/C22H30N4/c1-3-24-22(25-13-10-21-9-12-23-16-18(21)2)26-14-11-20(17-26)15-19-7-5-4-6-8-19/h4-9,12,16,20H,3,10-11,13-15,17H2,1-2H3,(H,24,25). The average molecular weight is 351 g/mol. The number of rotatable bonds is 6. The Hall–Kier alpha value is -2.36. The Labute approximate surface area is 157 Å². The quantitative estimate of drug-likeness (QED) is 0.641. The summed E-state index contributed by atoms with van der Waals surface area (Å²) < 4.78 is 0. The van der Waals surface area contributed by atoms with Crippen LogP contribution in [0.3, 0.4) is 0 Å². The SMILES string of the molecule is CCNC(=NCCc1ccncc1C)N1CCC(Cc2ccccc2)C1. The molecule has 1 aliphatic rings. The molecule has 0 saturated carbocycles. The lowest BCUT2D eigenvalue weighted by Crippen LogP contribution is -2.40. The maximum atomic E-state index is 4.88. The van der Waals surface area contributed by atoms with Crippen LogP contribution in [0.15, 0.2) is 53.8 Å². The van der Waals surface area contributed by atoms with Gasteiger partial charge in [0.2, 0.25) is 0 Å². The third kappa shape index (κ3) is 5.07. The van der Waals surface area contributed by atoms with Crippen LogP contribution in [0.1, 0.15) is 30.0 Å². The number of nitrogens with zero attached hydrogens (tertiary/aromatic N) is 3. The van der Waals surface area contributed by atoms with E-state index >= 15 is 0 Å². The number of nitrogens with one attached hydrogen (secondary N) is 1. The van der Waals surface area contributed by atoms with Crippen molar-refractivity contribution in [2.24, 2.45) is 10.9 Å². The Bertz CT molecular complexity index is 711. The average Bonchev–Trinajstić information content (AvgIpc) is 3.12. The zero-order valence-corrected chi connectivity index (χ0v) is 16.0. The number of aromatic nitrogens is 1. The summed E-state index contributed by atoms with van der Waals surface area (Å²) in [6.45, 7) is 8.17. The lowest BCUT2D eigenvalue weighted by Gasteiger charge is -2.22. The van der Waals surface area contributed by atoms with Crippen molar-refractivity contribution in [3.05, 3.63) is 65.5 Å². The highest BCUT2D eigenvalue weighted by atomic mass is 15.3. The summed E-state index contributed by atoms with van der Waals surface area (Å²) in [7, 11) is 0. The summed E-state index contributed by atoms with van der Waals surface area (Å²) in [6, 6.07) is 12.9. The Morgan fingerprint density at radius 3 is 2.88 bits per heavy atom. The normalized spacial score (nSPS) is 17.5. The molecular formula is C22H30N4. The molecule has 1 atom stereocenters. The van der Waals surface area contributed by atoms with Crippen LogP contribution >= 0.6 is 0 Å². The first-order chi connectivity index (χ1) is 12.8. The topological polar surface area (TPSA) is 40.5 Å². The largest absolute Gasteiger partial charge is 0.357 e. The second-order valence-electron chi connectivity index (χ2n) is 7.08. The van der Waals surface area contributed by atoms with Crippen LogP contribution < -0.4 is 5.32 Å². The number of hydrogen-bond donors (Lipinski definition) is 1. The lowest BCUT2D eigenvalue weighted by atomic mass is 9.99. The van der Waals surface area contributed by atoms with E-state index in [-0.39, 0.29) is 0 Å². The maximum Gasteiger partial charge on any atom is 0.193 e. The van der Waals surface area contributed by atoms with Crippen LogP contribution in [-0.4, -0.2) is 42.0 Å². The zero-order valence-electron chi connectivity index (χ0n) is 16.0. The van der Waals surface area contributed by atoms with E-state index in [0.717, 1.165) is 45.0 Å². The lowest BCUT2D eigenvalue weighted by molar-refractivity contribution is 0.460. The molecular weight excluding hydrogens is 320 g/mol. The van der Waals surface area contributed by atoms with E-state index in [2.05, 4.69) is 65.4 Å². The van der Waals surface area contributed by atoms with Gasteiger partial charge in [-0.1, -0.05) is 30.3 Å². The van der Waals surface area contributed by atoms with Crippen LogP contribution in [-0.2, 0) is 12.8 Å². The van der Waals surface area contributed by atoms with Crippen molar-refractivity contribution in [3.63, 3.8) is 0 Å². The molecule has 138 valence electrons. The predicted molar refractivity (Wildman–Crippen MR) is 108 cm³/mol. The molecule has 1 fully saturated rings. The Kier molecular flexibility index (Phi) is 6.64. The van der Waals surface area contributed by atoms with Gasteiger partial charge in [-0.2, -0.15) is 0 Å². The smallest absolute Gasteiger partial charge is 0.193 e. The summed E-state index contributed by atoms with van der Waals surface area (Å²) in [5.74, 6) is 1.78. The fraction of sp³-hybridized carbons (Fsp3) is 0.455. The summed E-state index contributed by atoms with van der Waals surface area (Å²) >= 11 is 0. The number of benzene rings is 1. The number of pyridine rings is 1. The number of likely N-dealkylation sites (tertiary alicyclic amines) is 1. The Morgan fingerprint density at radius 1 is 1.27 bits per heavy atom. The van der Waals surface area contributed by atoms with E-state index in [1.165, 1.54) is 23.1 Å². The van der Waals surface area contributed by atoms with Crippen molar-refractivity contribution in [2.45, 2.75) is 33.1 Å².